The maximum absolute atomic E-state index is 13.5. The number of ether oxygens (including phenoxy) is 1. The van der Waals surface area contributed by atoms with Gasteiger partial charge < -0.3 is 4.74 Å². The maximum atomic E-state index is 13.5. The van der Waals surface area contributed by atoms with Gasteiger partial charge >= 0.3 is 5.97 Å². The number of esters is 1. The molecule has 18 heavy (non-hydrogen) atoms. The lowest BCUT2D eigenvalue weighted by molar-refractivity contribution is -0.137. The molecule has 0 saturated carbocycles. The SMILES string of the molecule is CCOC(=O)/C=C/c1ccc(F)c2ccncc12. The minimum atomic E-state index is -0.418. The second-order valence-corrected chi connectivity index (χ2v) is 3.64. The van der Waals surface area contributed by atoms with Crippen molar-refractivity contribution in [2.45, 2.75) is 6.92 Å². The van der Waals surface area contributed by atoms with E-state index < -0.39 is 5.97 Å². The number of fused-ring (bicyclic) bond motifs is 1. The van der Waals surface area contributed by atoms with Crippen molar-refractivity contribution < 1.29 is 13.9 Å². The Kier molecular flexibility index (Phi) is 3.67. The van der Waals surface area contributed by atoms with E-state index in [2.05, 4.69) is 4.98 Å². The molecule has 0 aliphatic rings. The zero-order chi connectivity index (χ0) is 13.0. The quantitative estimate of drug-likeness (QED) is 0.616. The number of carbonyl (C=O) groups excluding carboxylic acids is 1. The molecule has 0 radical (unpaired) electrons. The fourth-order valence-corrected chi connectivity index (χ4v) is 1.67. The summed E-state index contributed by atoms with van der Waals surface area (Å²) in [6, 6.07) is 4.58. The first-order chi connectivity index (χ1) is 8.72. The molecule has 4 heteroatoms. The van der Waals surface area contributed by atoms with Gasteiger partial charge in [0, 0.05) is 29.2 Å². The van der Waals surface area contributed by atoms with Crippen molar-refractivity contribution >= 4 is 22.8 Å². The lowest BCUT2D eigenvalue weighted by Crippen LogP contribution is -1.98. The summed E-state index contributed by atoms with van der Waals surface area (Å²) in [4.78, 5) is 15.2. The fourth-order valence-electron chi connectivity index (χ4n) is 1.67. The Bertz CT molecular complexity index is 608. The average molecular weight is 245 g/mol. The van der Waals surface area contributed by atoms with E-state index in [4.69, 9.17) is 4.74 Å². The van der Waals surface area contributed by atoms with E-state index in [-0.39, 0.29) is 5.82 Å². The first kappa shape index (κ1) is 12.2. The number of hydrogen-bond acceptors (Lipinski definition) is 3. The molecule has 2 rings (SSSR count). The zero-order valence-corrected chi connectivity index (χ0v) is 9.89. The van der Waals surface area contributed by atoms with Gasteiger partial charge in [-0.05, 0) is 30.7 Å². The van der Waals surface area contributed by atoms with Crippen LogP contribution >= 0.6 is 0 Å². The largest absolute Gasteiger partial charge is 0.463 e. The van der Waals surface area contributed by atoms with Crippen molar-refractivity contribution in [3.8, 4) is 0 Å². The standard InChI is InChI=1S/C14H12FNO2/c1-2-18-14(17)6-4-10-3-5-13(15)11-7-8-16-9-12(10)11/h3-9H,2H2,1H3/b6-4+. The molecule has 3 nitrogen and oxygen atoms in total. The van der Waals surface area contributed by atoms with Crippen molar-refractivity contribution in [3.63, 3.8) is 0 Å². The monoisotopic (exact) mass is 245 g/mol. The summed E-state index contributed by atoms with van der Waals surface area (Å²) in [5.74, 6) is -0.723. The minimum Gasteiger partial charge on any atom is -0.463 e. The molecular weight excluding hydrogens is 233 g/mol. The fraction of sp³-hybridized carbons (Fsp3) is 0.143. The Morgan fingerprint density at radius 2 is 2.22 bits per heavy atom. The molecule has 0 fully saturated rings. The Morgan fingerprint density at radius 3 is 3.00 bits per heavy atom. The maximum Gasteiger partial charge on any atom is 0.330 e. The average Bonchev–Trinajstić information content (AvgIpc) is 2.39. The Hall–Kier alpha value is -2.23. The highest BCUT2D eigenvalue weighted by Gasteiger charge is 2.04. The van der Waals surface area contributed by atoms with Gasteiger partial charge in [0.2, 0.25) is 0 Å². The molecule has 0 spiro atoms. The van der Waals surface area contributed by atoms with Crippen LogP contribution in [0.2, 0.25) is 0 Å². The zero-order valence-electron chi connectivity index (χ0n) is 9.89. The topological polar surface area (TPSA) is 39.2 Å². The molecule has 0 saturated heterocycles. The molecule has 92 valence electrons. The second-order valence-electron chi connectivity index (χ2n) is 3.64. The molecule has 0 atom stereocenters. The van der Waals surface area contributed by atoms with Crippen LogP contribution in [0.25, 0.3) is 16.8 Å². The summed E-state index contributed by atoms with van der Waals surface area (Å²) < 4.78 is 18.3. The molecule has 2 aromatic rings. The van der Waals surface area contributed by atoms with Gasteiger partial charge in [0.1, 0.15) is 5.82 Å². The molecule has 0 aliphatic heterocycles. The highest BCUT2D eigenvalue weighted by atomic mass is 19.1. The molecule has 0 aliphatic carbocycles. The van der Waals surface area contributed by atoms with Gasteiger partial charge in [-0.2, -0.15) is 0 Å². The third kappa shape index (κ3) is 2.53. The molecule has 1 aromatic carbocycles. The van der Waals surface area contributed by atoms with E-state index in [1.54, 1.807) is 31.3 Å². The number of carbonyl (C=O) groups is 1. The normalized spacial score (nSPS) is 11.0. The summed E-state index contributed by atoms with van der Waals surface area (Å²) in [6.45, 7) is 2.07. The Labute approximate surface area is 104 Å². The van der Waals surface area contributed by atoms with E-state index in [0.29, 0.717) is 17.4 Å². The van der Waals surface area contributed by atoms with Crippen molar-refractivity contribution in [2.75, 3.05) is 6.61 Å². The van der Waals surface area contributed by atoms with Gasteiger partial charge in [0.05, 0.1) is 6.61 Å². The summed E-state index contributed by atoms with van der Waals surface area (Å²) in [5.41, 5.74) is 0.729. The smallest absolute Gasteiger partial charge is 0.330 e. The summed E-state index contributed by atoms with van der Waals surface area (Å²) >= 11 is 0. The van der Waals surface area contributed by atoms with Crippen LogP contribution < -0.4 is 0 Å². The van der Waals surface area contributed by atoms with Crippen molar-refractivity contribution in [2.24, 2.45) is 0 Å². The predicted octanol–water partition coefficient (Wildman–Crippen LogP) is 2.95. The Morgan fingerprint density at radius 1 is 1.39 bits per heavy atom. The second kappa shape index (κ2) is 5.40. The number of nitrogens with zero attached hydrogens (tertiary/aromatic N) is 1. The summed E-state index contributed by atoms with van der Waals surface area (Å²) in [6.07, 6.45) is 6.03. The van der Waals surface area contributed by atoms with Crippen LogP contribution in [-0.4, -0.2) is 17.6 Å². The van der Waals surface area contributed by atoms with Crippen LogP contribution in [0.4, 0.5) is 4.39 Å². The van der Waals surface area contributed by atoms with Gasteiger partial charge in [-0.25, -0.2) is 9.18 Å². The third-order valence-corrected chi connectivity index (χ3v) is 2.48. The van der Waals surface area contributed by atoms with Gasteiger partial charge in [-0.15, -0.1) is 0 Å². The first-order valence-electron chi connectivity index (χ1n) is 5.59. The number of rotatable bonds is 3. The Balaban J connectivity index is 2.40. The number of halogens is 1. The van der Waals surface area contributed by atoms with Crippen molar-refractivity contribution in [3.05, 3.63) is 48.0 Å². The predicted molar refractivity (Wildman–Crippen MR) is 67.4 cm³/mol. The van der Waals surface area contributed by atoms with Gasteiger partial charge in [0.25, 0.3) is 0 Å². The van der Waals surface area contributed by atoms with E-state index in [1.807, 2.05) is 0 Å². The molecule has 1 heterocycles. The van der Waals surface area contributed by atoms with Gasteiger partial charge in [-0.3, -0.25) is 4.98 Å². The molecule has 0 unspecified atom stereocenters. The number of hydrogen-bond donors (Lipinski definition) is 0. The van der Waals surface area contributed by atoms with E-state index in [0.717, 1.165) is 5.56 Å². The molecule has 0 bridgehead atoms. The van der Waals surface area contributed by atoms with Crippen LogP contribution in [0.1, 0.15) is 12.5 Å². The van der Waals surface area contributed by atoms with E-state index >= 15 is 0 Å². The van der Waals surface area contributed by atoms with Gasteiger partial charge in [-0.1, -0.05) is 6.07 Å². The van der Waals surface area contributed by atoms with Crippen LogP contribution in [0.3, 0.4) is 0 Å². The van der Waals surface area contributed by atoms with Gasteiger partial charge in [0.15, 0.2) is 0 Å². The lowest BCUT2D eigenvalue weighted by atomic mass is 10.1. The highest BCUT2D eigenvalue weighted by molar-refractivity contribution is 5.94. The number of aromatic nitrogens is 1. The van der Waals surface area contributed by atoms with Crippen molar-refractivity contribution in [1.29, 1.82) is 0 Å². The molecule has 0 N–H and O–H groups in total. The van der Waals surface area contributed by atoms with Crippen LogP contribution in [0, 0.1) is 5.82 Å². The first-order valence-corrected chi connectivity index (χ1v) is 5.59. The molecule has 0 amide bonds. The third-order valence-electron chi connectivity index (χ3n) is 2.48. The van der Waals surface area contributed by atoms with Crippen molar-refractivity contribution in [1.82, 2.24) is 4.98 Å². The molecule has 1 aromatic heterocycles. The molecular formula is C14H12FNO2. The summed E-state index contributed by atoms with van der Waals surface area (Å²) in [5, 5.41) is 1.15. The van der Waals surface area contributed by atoms with Crippen LogP contribution in [0.15, 0.2) is 36.7 Å². The lowest BCUT2D eigenvalue weighted by Gasteiger charge is -2.02. The summed E-state index contributed by atoms with van der Waals surface area (Å²) in [7, 11) is 0. The minimum absolute atomic E-state index is 0.305. The number of benzene rings is 1. The van der Waals surface area contributed by atoms with Crippen LogP contribution in [-0.2, 0) is 9.53 Å². The number of pyridine rings is 1. The van der Waals surface area contributed by atoms with Crippen LogP contribution in [0.5, 0.6) is 0 Å². The van der Waals surface area contributed by atoms with E-state index in [1.165, 1.54) is 18.3 Å². The highest BCUT2D eigenvalue weighted by Crippen LogP contribution is 2.21. The van der Waals surface area contributed by atoms with E-state index in [9.17, 15) is 9.18 Å².